The zero-order chi connectivity index (χ0) is 12.3. The third kappa shape index (κ3) is 2.60. The lowest BCUT2D eigenvalue weighted by atomic mass is 10.1. The Morgan fingerprint density at radius 1 is 1.41 bits per heavy atom. The van der Waals surface area contributed by atoms with Crippen LogP contribution in [0.25, 0.3) is 0 Å². The number of carbonyl (C=O) groups is 2. The van der Waals surface area contributed by atoms with Gasteiger partial charge in [-0.15, -0.1) is 0 Å². The summed E-state index contributed by atoms with van der Waals surface area (Å²) in [5, 5.41) is 3.23. The SMILES string of the molecule is CCCN1C(=O)CCC1C(=O)N1CCNCC1. The van der Waals surface area contributed by atoms with Crippen LogP contribution in [0.1, 0.15) is 26.2 Å². The number of amides is 2. The van der Waals surface area contributed by atoms with Crippen LogP contribution in [0.15, 0.2) is 0 Å². The van der Waals surface area contributed by atoms with E-state index in [0.717, 1.165) is 32.6 Å². The summed E-state index contributed by atoms with van der Waals surface area (Å²) < 4.78 is 0. The van der Waals surface area contributed by atoms with E-state index in [1.807, 2.05) is 11.8 Å². The maximum atomic E-state index is 12.3. The maximum Gasteiger partial charge on any atom is 0.245 e. The van der Waals surface area contributed by atoms with Gasteiger partial charge in [0, 0.05) is 39.1 Å². The number of nitrogens with one attached hydrogen (secondary N) is 1. The number of nitrogens with zero attached hydrogens (tertiary/aromatic N) is 2. The highest BCUT2D eigenvalue weighted by atomic mass is 16.2. The molecule has 2 heterocycles. The van der Waals surface area contributed by atoms with Gasteiger partial charge in [0.1, 0.15) is 6.04 Å². The van der Waals surface area contributed by atoms with E-state index in [9.17, 15) is 9.59 Å². The van der Waals surface area contributed by atoms with Crippen molar-refractivity contribution in [1.29, 1.82) is 0 Å². The van der Waals surface area contributed by atoms with Crippen LogP contribution in [0.3, 0.4) is 0 Å². The topological polar surface area (TPSA) is 52.7 Å². The molecule has 0 aromatic rings. The Labute approximate surface area is 102 Å². The molecule has 0 aliphatic carbocycles. The second-order valence-corrected chi connectivity index (χ2v) is 4.72. The Hall–Kier alpha value is -1.10. The minimum atomic E-state index is -0.194. The van der Waals surface area contributed by atoms with E-state index in [2.05, 4.69) is 5.32 Å². The van der Waals surface area contributed by atoms with E-state index >= 15 is 0 Å². The molecule has 5 heteroatoms. The minimum Gasteiger partial charge on any atom is -0.338 e. The average Bonchev–Trinajstić information content (AvgIpc) is 2.72. The van der Waals surface area contributed by atoms with Crippen molar-refractivity contribution in [3.8, 4) is 0 Å². The van der Waals surface area contributed by atoms with Crippen molar-refractivity contribution in [2.75, 3.05) is 32.7 Å². The van der Waals surface area contributed by atoms with Gasteiger partial charge in [0.05, 0.1) is 0 Å². The standard InChI is InChI=1S/C12H21N3O2/c1-2-7-15-10(3-4-11(15)16)12(17)14-8-5-13-6-9-14/h10,13H,2-9H2,1H3. The van der Waals surface area contributed by atoms with Crippen LogP contribution in [0, 0.1) is 0 Å². The summed E-state index contributed by atoms with van der Waals surface area (Å²) in [5.74, 6) is 0.283. The Bertz CT molecular complexity index is 300. The predicted octanol–water partition coefficient (Wildman–Crippen LogP) is -0.181. The van der Waals surface area contributed by atoms with Crippen LogP contribution in [0.2, 0.25) is 0 Å². The highest BCUT2D eigenvalue weighted by Crippen LogP contribution is 2.21. The second-order valence-electron chi connectivity index (χ2n) is 4.72. The van der Waals surface area contributed by atoms with Gasteiger partial charge in [-0.25, -0.2) is 0 Å². The van der Waals surface area contributed by atoms with Crippen molar-refractivity contribution < 1.29 is 9.59 Å². The molecule has 0 saturated carbocycles. The Balaban J connectivity index is 1.99. The van der Waals surface area contributed by atoms with Crippen LogP contribution in [0.5, 0.6) is 0 Å². The lowest BCUT2D eigenvalue weighted by Gasteiger charge is -2.32. The number of likely N-dealkylation sites (tertiary alicyclic amines) is 1. The molecule has 2 saturated heterocycles. The van der Waals surface area contributed by atoms with Gasteiger partial charge in [0.15, 0.2) is 0 Å². The number of rotatable bonds is 3. The van der Waals surface area contributed by atoms with E-state index in [1.54, 1.807) is 4.90 Å². The Morgan fingerprint density at radius 3 is 2.76 bits per heavy atom. The number of carbonyl (C=O) groups excluding carboxylic acids is 2. The van der Waals surface area contributed by atoms with Crippen molar-refractivity contribution in [1.82, 2.24) is 15.1 Å². The van der Waals surface area contributed by atoms with Gasteiger partial charge in [-0.2, -0.15) is 0 Å². The lowest BCUT2D eigenvalue weighted by Crippen LogP contribution is -2.53. The van der Waals surface area contributed by atoms with Gasteiger partial charge in [0.25, 0.3) is 0 Å². The molecule has 2 aliphatic rings. The first kappa shape index (κ1) is 12.4. The van der Waals surface area contributed by atoms with E-state index in [-0.39, 0.29) is 17.9 Å². The van der Waals surface area contributed by atoms with Gasteiger partial charge in [0.2, 0.25) is 11.8 Å². The van der Waals surface area contributed by atoms with Gasteiger partial charge in [-0.1, -0.05) is 6.92 Å². The van der Waals surface area contributed by atoms with E-state index in [1.165, 1.54) is 0 Å². The second kappa shape index (κ2) is 5.49. The highest BCUT2D eigenvalue weighted by Gasteiger charge is 2.37. The van der Waals surface area contributed by atoms with Crippen LogP contribution >= 0.6 is 0 Å². The van der Waals surface area contributed by atoms with Crippen LogP contribution in [-0.4, -0.2) is 60.4 Å². The van der Waals surface area contributed by atoms with E-state index in [4.69, 9.17) is 0 Å². The summed E-state index contributed by atoms with van der Waals surface area (Å²) >= 11 is 0. The number of hydrogen-bond donors (Lipinski definition) is 1. The summed E-state index contributed by atoms with van der Waals surface area (Å²) in [6, 6.07) is -0.194. The summed E-state index contributed by atoms with van der Waals surface area (Å²) in [7, 11) is 0. The maximum absolute atomic E-state index is 12.3. The lowest BCUT2D eigenvalue weighted by molar-refractivity contribution is -0.141. The molecular weight excluding hydrogens is 218 g/mol. The Kier molecular flexibility index (Phi) is 3.99. The highest BCUT2D eigenvalue weighted by molar-refractivity contribution is 5.91. The number of piperazine rings is 1. The van der Waals surface area contributed by atoms with Crippen molar-refractivity contribution >= 4 is 11.8 Å². The fourth-order valence-electron chi connectivity index (χ4n) is 2.61. The largest absolute Gasteiger partial charge is 0.338 e. The first-order valence-corrected chi connectivity index (χ1v) is 6.53. The first-order valence-electron chi connectivity index (χ1n) is 6.53. The zero-order valence-electron chi connectivity index (χ0n) is 10.4. The Morgan fingerprint density at radius 2 is 2.12 bits per heavy atom. The average molecular weight is 239 g/mol. The summed E-state index contributed by atoms with van der Waals surface area (Å²) in [6.45, 7) is 6.01. The molecule has 2 rings (SSSR count). The molecule has 0 aromatic carbocycles. The first-order chi connectivity index (χ1) is 8.24. The van der Waals surface area contributed by atoms with E-state index < -0.39 is 0 Å². The summed E-state index contributed by atoms with van der Waals surface area (Å²) in [5.41, 5.74) is 0. The summed E-state index contributed by atoms with van der Waals surface area (Å²) in [4.78, 5) is 27.7. The molecule has 2 aliphatic heterocycles. The normalized spacial score (nSPS) is 25.5. The van der Waals surface area contributed by atoms with Gasteiger partial charge < -0.3 is 15.1 Å². The smallest absolute Gasteiger partial charge is 0.245 e. The monoisotopic (exact) mass is 239 g/mol. The molecule has 1 unspecified atom stereocenters. The molecule has 2 amide bonds. The van der Waals surface area contributed by atoms with Crippen molar-refractivity contribution in [2.24, 2.45) is 0 Å². The molecule has 1 atom stereocenters. The quantitative estimate of drug-likeness (QED) is 0.743. The molecule has 1 N–H and O–H groups in total. The fourth-order valence-corrected chi connectivity index (χ4v) is 2.61. The van der Waals surface area contributed by atoms with E-state index in [0.29, 0.717) is 19.4 Å². The molecule has 96 valence electrons. The predicted molar refractivity (Wildman–Crippen MR) is 64.5 cm³/mol. The number of hydrogen-bond acceptors (Lipinski definition) is 3. The van der Waals surface area contributed by atoms with Gasteiger partial charge in [-0.05, 0) is 12.8 Å². The fraction of sp³-hybridized carbons (Fsp3) is 0.833. The van der Waals surface area contributed by atoms with Gasteiger partial charge in [-0.3, -0.25) is 9.59 Å². The van der Waals surface area contributed by atoms with Crippen LogP contribution in [-0.2, 0) is 9.59 Å². The summed E-state index contributed by atoms with van der Waals surface area (Å²) in [6.07, 6.45) is 2.14. The van der Waals surface area contributed by atoms with Crippen molar-refractivity contribution in [3.05, 3.63) is 0 Å². The molecule has 2 fully saturated rings. The molecule has 5 nitrogen and oxygen atoms in total. The third-order valence-corrected chi connectivity index (χ3v) is 3.51. The molecule has 0 spiro atoms. The molecule has 17 heavy (non-hydrogen) atoms. The van der Waals surface area contributed by atoms with Crippen LogP contribution in [0.4, 0.5) is 0 Å². The zero-order valence-corrected chi connectivity index (χ0v) is 10.4. The van der Waals surface area contributed by atoms with Crippen LogP contribution < -0.4 is 5.32 Å². The molecule has 0 aromatic heterocycles. The third-order valence-electron chi connectivity index (χ3n) is 3.51. The van der Waals surface area contributed by atoms with Gasteiger partial charge >= 0.3 is 0 Å². The molecule has 0 radical (unpaired) electrons. The molecular formula is C12H21N3O2. The minimum absolute atomic E-state index is 0.139. The van der Waals surface area contributed by atoms with Crippen molar-refractivity contribution in [2.45, 2.75) is 32.2 Å². The van der Waals surface area contributed by atoms with Crippen molar-refractivity contribution in [3.63, 3.8) is 0 Å². The molecule has 0 bridgehead atoms.